The zero-order valence-electron chi connectivity index (χ0n) is 9.58. The van der Waals surface area contributed by atoms with Crippen molar-refractivity contribution < 1.29 is 28.5 Å². The number of hydrogen-bond donors (Lipinski definition) is 4. The molecule has 0 saturated heterocycles. The standard InChI is InChI=1S/C10H12INO6S/c11-9-2-1-7(3-8(9)10(15)16)19(17,18)12-4-6(14)5-13/h1-3,6,12-14H,4-5H2,(H,15,16). The Kier molecular flexibility index (Phi) is 5.67. The van der Waals surface area contributed by atoms with Crippen molar-refractivity contribution in [3.8, 4) is 0 Å². The number of aliphatic hydroxyl groups is 2. The van der Waals surface area contributed by atoms with Gasteiger partial charge in [-0.25, -0.2) is 17.9 Å². The van der Waals surface area contributed by atoms with Crippen LogP contribution in [0.3, 0.4) is 0 Å². The molecule has 0 radical (unpaired) electrons. The van der Waals surface area contributed by atoms with Gasteiger partial charge in [0.25, 0.3) is 0 Å². The summed E-state index contributed by atoms with van der Waals surface area (Å²) in [6, 6.07) is 3.68. The molecule has 0 fully saturated rings. The Morgan fingerprint density at radius 1 is 1.42 bits per heavy atom. The predicted octanol–water partition coefficient (Wildman–Crippen LogP) is -0.379. The minimum Gasteiger partial charge on any atom is -0.478 e. The van der Waals surface area contributed by atoms with Gasteiger partial charge in [-0.3, -0.25) is 0 Å². The van der Waals surface area contributed by atoms with Crippen LogP contribution in [0.15, 0.2) is 23.1 Å². The second-order valence-corrected chi connectivity index (χ2v) is 6.56. The van der Waals surface area contributed by atoms with Crippen molar-refractivity contribution >= 4 is 38.6 Å². The van der Waals surface area contributed by atoms with Gasteiger partial charge in [0, 0.05) is 10.1 Å². The molecule has 1 aromatic carbocycles. The fraction of sp³-hybridized carbons (Fsp3) is 0.300. The van der Waals surface area contributed by atoms with Crippen LogP contribution >= 0.6 is 22.6 Å². The van der Waals surface area contributed by atoms with E-state index in [1.807, 2.05) is 0 Å². The van der Waals surface area contributed by atoms with Crippen LogP contribution < -0.4 is 4.72 Å². The molecule has 0 saturated carbocycles. The number of halogens is 1. The van der Waals surface area contributed by atoms with E-state index in [0.717, 1.165) is 6.07 Å². The Morgan fingerprint density at radius 2 is 2.05 bits per heavy atom. The largest absolute Gasteiger partial charge is 0.478 e. The molecule has 106 valence electrons. The Morgan fingerprint density at radius 3 is 2.58 bits per heavy atom. The van der Waals surface area contributed by atoms with Gasteiger partial charge in [0.05, 0.1) is 23.2 Å². The normalized spacial score (nSPS) is 13.2. The van der Waals surface area contributed by atoms with Crippen LogP contribution in [0.1, 0.15) is 10.4 Å². The van der Waals surface area contributed by atoms with E-state index in [9.17, 15) is 13.2 Å². The third-order valence-electron chi connectivity index (χ3n) is 2.20. The highest BCUT2D eigenvalue weighted by Crippen LogP contribution is 2.17. The molecule has 0 heterocycles. The minimum atomic E-state index is -3.93. The first kappa shape index (κ1) is 16.3. The average molecular weight is 401 g/mol. The molecule has 0 spiro atoms. The molecule has 0 aliphatic heterocycles. The zero-order chi connectivity index (χ0) is 14.6. The van der Waals surface area contributed by atoms with Crippen molar-refractivity contribution in [2.24, 2.45) is 0 Å². The van der Waals surface area contributed by atoms with E-state index in [0.29, 0.717) is 3.57 Å². The van der Waals surface area contributed by atoms with Crippen molar-refractivity contribution in [3.05, 3.63) is 27.3 Å². The third kappa shape index (κ3) is 4.38. The summed E-state index contributed by atoms with van der Waals surface area (Å²) < 4.78 is 26.2. The Bertz CT molecular complexity index is 573. The lowest BCUT2D eigenvalue weighted by atomic mass is 10.2. The monoisotopic (exact) mass is 401 g/mol. The summed E-state index contributed by atoms with van der Waals surface area (Å²) in [5.74, 6) is -1.23. The molecule has 0 bridgehead atoms. The van der Waals surface area contributed by atoms with Crippen LogP contribution in [0.25, 0.3) is 0 Å². The lowest BCUT2D eigenvalue weighted by Crippen LogP contribution is -2.34. The summed E-state index contributed by atoms with van der Waals surface area (Å²) >= 11 is 1.79. The molecule has 0 aliphatic rings. The topological polar surface area (TPSA) is 124 Å². The maximum atomic E-state index is 11.8. The Hall–Kier alpha value is -0.750. The maximum absolute atomic E-state index is 11.8. The van der Waals surface area contributed by atoms with Crippen LogP contribution in [0.4, 0.5) is 0 Å². The van der Waals surface area contributed by atoms with Gasteiger partial charge >= 0.3 is 5.97 Å². The number of carboxylic acid groups (broad SMARTS) is 1. The first-order valence-corrected chi connectivity index (χ1v) is 7.65. The zero-order valence-corrected chi connectivity index (χ0v) is 12.6. The molecule has 0 amide bonds. The summed E-state index contributed by atoms with van der Waals surface area (Å²) in [5.41, 5.74) is -0.119. The molecular formula is C10H12INO6S. The molecule has 1 atom stereocenters. The summed E-state index contributed by atoms with van der Waals surface area (Å²) in [6.07, 6.45) is -1.21. The summed E-state index contributed by atoms with van der Waals surface area (Å²) in [4.78, 5) is 10.7. The highest BCUT2D eigenvalue weighted by Gasteiger charge is 2.19. The van der Waals surface area contributed by atoms with Gasteiger partial charge in [-0.1, -0.05) is 0 Å². The van der Waals surface area contributed by atoms with Gasteiger partial charge in [-0.15, -0.1) is 0 Å². The maximum Gasteiger partial charge on any atom is 0.336 e. The van der Waals surface area contributed by atoms with Crippen LogP contribution in [-0.4, -0.2) is 49.0 Å². The number of benzene rings is 1. The van der Waals surface area contributed by atoms with E-state index in [4.69, 9.17) is 15.3 Å². The van der Waals surface area contributed by atoms with E-state index in [2.05, 4.69) is 4.72 Å². The number of rotatable bonds is 6. The number of carbonyl (C=O) groups is 1. The summed E-state index contributed by atoms with van der Waals surface area (Å²) in [7, 11) is -3.93. The quantitative estimate of drug-likeness (QED) is 0.482. The molecule has 1 unspecified atom stereocenters. The number of nitrogens with one attached hydrogen (secondary N) is 1. The number of aromatic carboxylic acids is 1. The van der Waals surface area contributed by atoms with E-state index >= 15 is 0 Å². The fourth-order valence-electron chi connectivity index (χ4n) is 1.19. The van der Waals surface area contributed by atoms with Crippen LogP contribution in [-0.2, 0) is 10.0 Å². The van der Waals surface area contributed by atoms with Gasteiger partial charge in [0.15, 0.2) is 0 Å². The second kappa shape index (κ2) is 6.61. The van der Waals surface area contributed by atoms with Gasteiger partial charge in [0.1, 0.15) is 0 Å². The van der Waals surface area contributed by atoms with Gasteiger partial charge in [-0.05, 0) is 40.8 Å². The van der Waals surface area contributed by atoms with Gasteiger partial charge in [-0.2, -0.15) is 0 Å². The molecule has 0 aliphatic carbocycles. The fourth-order valence-corrected chi connectivity index (χ4v) is 2.85. The lowest BCUT2D eigenvalue weighted by Gasteiger charge is -2.10. The molecule has 1 rings (SSSR count). The first-order chi connectivity index (χ1) is 8.77. The Balaban J connectivity index is 3.02. The van der Waals surface area contributed by atoms with Gasteiger partial charge < -0.3 is 15.3 Å². The van der Waals surface area contributed by atoms with E-state index in [1.165, 1.54) is 12.1 Å². The van der Waals surface area contributed by atoms with Crippen molar-refractivity contribution in [2.45, 2.75) is 11.0 Å². The van der Waals surface area contributed by atoms with Crippen LogP contribution in [0, 0.1) is 3.57 Å². The molecule has 1 aromatic rings. The summed E-state index contributed by atoms with van der Waals surface area (Å²) in [6.45, 7) is -0.928. The molecular weight excluding hydrogens is 389 g/mol. The predicted molar refractivity (Wildman–Crippen MR) is 74.4 cm³/mol. The third-order valence-corrected chi connectivity index (χ3v) is 4.56. The minimum absolute atomic E-state index is 0.119. The highest BCUT2D eigenvalue weighted by molar-refractivity contribution is 14.1. The average Bonchev–Trinajstić information content (AvgIpc) is 2.35. The first-order valence-electron chi connectivity index (χ1n) is 5.09. The van der Waals surface area contributed by atoms with Crippen molar-refractivity contribution in [2.75, 3.05) is 13.2 Å². The van der Waals surface area contributed by atoms with Crippen molar-refractivity contribution in [1.29, 1.82) is 0 Å². The van der Waals surface area contributed by atoms with Crippen LogP contribution in [0.5, 0.6) is 0 Å². The Labute approximate surface area is 123 Å². The van der Waals surface area contributed by atoms with Crippen molar-refractivity contribution in [1.82, 2.24) is 4.72 Å². The number of aliphatic hydroxyl groups excluding tert-OH is 2. The molecule has 19 heavy (non-hydrogen) atoms. The molecule has 4 N–H and O–H groups in total. The SMILES string of the molecule is O=C(O)c1cc(S(=O)(=O)NCC(O)CO)ccc1I. The highest BCUT2D eigenvalue weighted by atomic mass is 127. The van der Waals surface area contributed by atoms with E-state index < -0.39 is 28.7 Å². The van der Waals surface area contributed by atoms with Crippen LogP contribution in [0.2, 0.25) is 0 Å². The number of hydrogen-bond acceptors (Lipinski definition) is 5. The molecule has 9 heteroatoms. The smallest absolute Gasteiger partial charge is 0.336 e. The summed E-state index contributed by atoms with van der Waals surface area (Å²) in [5, 5.41) is 26.6. The van der Waals surface area contributed by atoms with Gasteiger partial charge in [0.2, 0.25) is 10.0 Å². The number of sulfonamides is 1. The van der Waals surface area contributed by atoms with E-state index in [1.54, 1.807) is 22.6 Å². The molecule has 0 aromatic heterocycles. The van der Waals surface area contributed by atoms with E-state index in [-0.39, 0.29) is 17.0 Å². The number of carboxylic acids is 1. The second-order valence-electron chi connectivity index (χ2n) is 3.64. The molecule has 7 nitrogen and oxygen atoms in total. The van der Waals surface area contributed by atoms with Crippen molar-refractivity contribution in [3.63, 3.8) is 0 Å². The lowest BCUT2D eigenvalue weighted by molar-refractivity contribution is 0.0695.